The number of aromatic nitrogens is 2. The molecule has 3 N–H and O–H groups in total. The fourth-order valence-electron chi connectivity index (χ4n) is 2.04. The van der Waals surface area contributed by atoms with Crippen molar-refractivity contribution in [3.05, 3.63) is 11.9 Å². The van der Waals surface area contributed by atoms with Crippen molar-refractivity contribution in [2.24, 2.45) is 0 Å². The molecule has 0 aliphatic heterocycles. The maximum Gasteiger partial charge on any atom is 0.158 e. The lowest BCUT2D eigenvalue weighted by atomic mass is 10.3. The quantitative estimate of drug-likeness (QED) is 0.769. The Morgan fingerprint density at radius 2 is 2.26 bits per heavy atom. The molecule has 2 rings (SSSR count). The minimum atomic E-state index is 0.372. The van der Waals surface area contributed by atoms with E-state index in [1.807, 2.05) is 0 Å². The number of nitrogens with two attached hydrogens (primary N) is 1. The van der Waals surface area contributed by atoms with Crippen LogP contribution in [-0.2, 0) is 11.3 Å². The molecule has 0 spiro atoms. The van der Waals surface area contributed by atoms with Gasteiger partial charge in [-0.1, -0.05) is 0 Å². The van der Waals surface area contributed by atoms with Crippen molar-refractivity contribution in [3.63, 3.8) is 0 Å². The molecular weight excluding hydrogens is 242 g/mol. The summed E-state index contributed by atoms with van der Waals surface area (Å²) in [5.41, 5.74) is 5.76. The number of ether oxygens (including phenoxy) is 1. The first kappa shape index (κ1) is 14.0. The first-order valence-corrected chi connectivity index (χ1v) is 6.68. The number of nitrogens with zero attached hydrogens (tertiary/aromatic N) is 3. The largest absolute Gasteiger partial charge is 0.384 e. The van der Waals surface area contributed by atoms with Crippen molar-refractivity contribution in [1.29, 1.82) is 0 Å². The highest BCUT2D eigenvalue weighted by molar-refractivity contribution is 5.44. The lowest BCUT2D eigenvalue weighted by Crippen LogP contribution is -2.36. The minimum Gasteiger partial charge on any atom is -0.384 e. The number of rotatable bonds is 7. The summed E-state index contributed by atoms with van der Waals surface area (Å²) in [6.07, 6.45) is 2.64. The molecule has 6 nitrogen and oxygen atoms in total. The van der Waals surface area contributed by atoms with Crippen LogP contribution in [0.15, 0.2) is 6.07 Å². The molecule has 0 radical (unpaired) electrons. The highest BCUT2D eigenvalue weighted by Crippen LogP contribution is 2.26. The van der Waals surface area contributed by atoms with Crippen LogP contribution >= 0.6 is 0 Å². The zero-order chi connectivity index (χ0) is 13.8. The molecule has 1 heterocycles. The van der Waals surface area contributed by atoms with Gasteiger partial charge in [-0.05, 0) is 26.8 Å². The topological polar surface area (TPSA) is 76.3 Å². The van der Waals surface area contributed by atoms with E-state index in [0.717, 1.165) is 18.4 Å². The normalized spacial score (nSPS) is 16.6. The molecule has 0 bridgehead atoms. The van der Waals surface area contributed by atoms with Gasteiger partial charge in [0.15, 0.2) is 5.82 Å². The summed E-state index contributed by atoms with van der Waals surface area (Å²) < 4.78 is 5.02. The lowest BCUT2D eigenvalue weighted by molar-refractivity contribution is 0.178. The van der Waals surface area contributed by atoms with Crippen LogP contribution in [0.1, 0.15) is 25.6 Å². The van der Waals surface area contributed by atoms with Crippen molar-refractivity contribution in [1.82, 2.24) is 14.9 Å². The van der Waals surface area contributed by atoms with Crippen LogP contribution in [0, 0.1) is 0 Å². The van der Waals surface area contributed by atoms with Crippen LogP contribution < -0.4 is 11.1 Å². The molecule has 0 saturated heterocycles. The van der Waals surface area contributed by atoms with E-state index in [9.17, 15) is 0 Å². The average molecular weight is 265 g/mol. The Hall–Kier alpha value is -1.40. The summed E-state index contributed by atoms with van der Waals surface area (Å²) in [5, 5.41) is 3.32. The van der Waals surface area contributed by atoms with E-state index in [0.29, 0.717) is 24.3 Å². The minimum absolute atomic E-state index is 0.372. The van der Waals surface area contributed by atoms with Gasteiger partial charge in [-0.15, -0.1) is 0 Å². The van der Waals surface area contributed by atoms with E-state index >= 15 is 0 Å². The number of methoxy groups -OCH3 is 1. The molecule has 1 aliphatic rings. The van der Waals surface area contributed by atoms with Crippen LogP contribution in [0.25, 0.3) is 0 Å². The predicted octanol–water partition coefficient (Wildman–Crippen LogP) is 1.10. The fraction of sp³-hybridized carbons (Fsp3) is 0.692. The van der Waals surface area contributed by atoms with Crippen LogP contribution in [-0.4, -0.2) is 47.7 Å². The molecule has 1 aromatic rings. The average Bonchev–Trinajstić information content (AvgIpc) is 3.19. The van der Waals surface area contributed by atoms with E-state index in [4.69, 9.17) is 10.5 Å². The van der Waals surface area contributed by atoms with Crippen LogP contribution in [0.4, 0.5) is 11.6 Å². The molecule has 1 unspecified atom stereocenters. The Morgan fingerprint density at radius 3 is 2.89 bits per heavy atom. The molecule has 1 fully saturated rings. The first-order chi connectivity index (χ1) is 9.10. The van der Waals surface area contributed by atoms with E-state index in [1.54, 1.807) is 13.2 Å². The molecule has 0 amide bonds. The molecule has 1 saturated carbocycles. The van der Waals surface area contributed by atoms with Gasteiger partial charge in [-0.25, -0.2) is 9.97 Å². The fourth-order valence-corrected chi connectivity index (χ4v) is 2.04. The molecule has 1 aliphatic carbocycles. The van der Waals surface area contributed by atoms with E-state index in [1.165, 1.54) is 12.8 Å². The SMILES string of the molecule is COCc1nc(N)cc(NCC(C)N(C)C2CC2)n1. The second-order valence-electron chi connectivity index (χ2n) is 5.15. The zero-order valence-electron chi connectivity index (χ0n) is 11.9. The first-order valence-electron chi connectivity index (χ1n) is 6.68. The van der Waals surface area contributed by atoms with Gasteiger partial charge >= 0.3 is 0 Å². The third-order valence-electron chi connectivity index (χ3n) is 3.46. The molecule has 19 heavy (non-hydrogen) atoms. The zero-order valence-corrected chi connectivity index (χ0v) is 11.9. The van der Waals surface area contributed by atoms with Gasteiger partial charge < -0.3 is 15.8 Å². The number of hydrogen-bond donors (Lipinski definition) is 2. The number of hydrogen-bond acceptors (Lipinski definition) is 6. The van der Waals surface area contributed by atoms with Crippen molar-refractivity contribution in [3.8, 4) is 0 Å². The van der Waals surface area contributed by atoms with Gasteiger partial charge in [0.1, 0.15) is 18.2 Å². The molecule has 6 heteroatoms. The van der Waals surface area contributed by atoms with Crippen LogP contribution in [0.3, 0.4) is 0 Å². The van der Waals surface area contributed by atoms with Crippen molar-refractivity contribution in [2.75, 3.05) is 31.8 Å². The van der Waals surface area contributed by atoms with Gasteiger partial charge in [0.2, 0.25) is 0 Å². The standard InChI is InChI=1S/C13H23N5O/c1-9(18(2)10-4-5-10)7-15-12-6-11(14)16-13(17-12)8-19-3/h6,9-10H,4-5,7-8H2,1-3H3,(H3,14,15,16,17). The molecule has 1 atom stereocenters. The summed E-state index contributed by atoms with van der Waals surface area (Å²) in [6, 6.07) is 2.98. The van der Waals surface area contributed by atoms with Crippen molar-refractivity contribution >= 4 is 11.6 Å². The smallest absolute Gasteiger partial charge is 0.158 e. The summed E-state index contributed by atoms with van der Waals surface area (Å²) in [4.78, 5) is 10.9. The van der Waals surface area contributed by atoms with E-state index in [2.05, 4.69) is 34.2 Å². The van der Waals surface area contributed by atoms with Gasteiger partial charge in [0.25, 0.3) is 0 Å². The second kappa shape index (κ2) is 6.16. The Bertz CT molecular complexity index is 421. The maximum absolute atomic E-state index is 5.76. The van der Waals surface area contributed by atoms with Crippen molar-refractivity contribution in [2.45, 2.75) is 38.5 Å². The van der Waals surface area contributed by atoms with Gasteiger partial charge in [-0.3, -0.25) is 4.90 Å². The van der Waals surface area contributed by atoms with Gasteiger partial charge in [-0.2, -0.15) is 0 Å². The molecular formula is C13H23N5O. The Kier molecular flexibility index (Phi) is 4.55. The maximum atomic E-state index is 5.76. The molecule has 1 aromatic heterocycles. The van der Waals surface area contributed by atoms with Crippen LogP contribution in [0.2, 0.25) is 0 Å². The summed E-state index contributed by atoms with van der Waals surface area (Å²) >= 11 is 0. The summed E-state index contributed by atoms with van der Waals surface area (Å²) in [5.74, 6) is 1.83. The number of likely N-dealkylation sites (N-methyl/N-ethyl adjacent to an activating group) is 1. The summed E-state index contributed by atoms with van der Waals surface area (Å²) in [6.45, 7) is 3.43. The van der Waals surface area contributed by atoms with E-state index in [-0.39, 0.29) is 0 Å². The van der Waals surface area contributed by atoms with Gasteiger partial charge in [0, 0.05) is 31.8 Å². The third kappa shape index (κ3) is 4.04. The number of nitrogens with one attached hydrogen (secondary N) is 1. The molecule has 0 aromatic carbocycles. The Labute approximate surface area is 114 Å². The highest BCUT2D eigenvalue weighted by Gasteiger charge is 2.28. The van der Waals surface area contributed by atoms with Gasteiger partial charge in [0.05, 0.1) is 0 Å². The summed E-state index contributed by atoms with van der Waals surface area (Å²) in [7, 11) is 3.79. The monoisotopic (exact) mass is 265 g/mol. The number of anilines is 2. The highest BCUT2D eigenvalue weighted by atomic mass is 16.5. The second-order valence-corrected chi connectivity index (χ2v) is 5.15. The third-order valence-corrected chi connectivity index (χ3v) is 3.46. The lowest BCUT2D eigenvalue weighted by Gasteiger charge is -2.24. The molecule has 106 valence electrons. The van der Waals surface area contributed by atoms with Crippen molar-refractivity contribution < 1.29 is 4.74 Å². The van der Waals surface area contributed by atoms with E-state index < -0.39 is 0 Å². The Balaban J connectivity index is 1.90. The Morgan fingerprint density at radius 1 is 1.53 bits per heavy atom. The number of nitrogen functional groups attached to an aromatic ring is 1. The van der Waals surface area contributed by atoms with Crippen LogP contribution in [0.5, 0.6) is 0 Å². The predicted molar refractivity (Wildman–Crippen MR) is 75.9 cm³/mol.